The Morgan fingerprint density at radius 3 is 2.67 bits per heavy atom. The Morgan fingerprint density at radius 1 is 1.27 bits per heavy atom. The second-order valence-electron chi connectivity index (χ2n) is 3.62. The fourth-order valence-electron chi connectivity index (χ4n) is 1.67. The van der Waals surface area contributed by atoms with Gasteiger partial charge in [0.25, 0.3) is 5.56 Å². The maximum Gasteiger partial charge on any atom is 0.325 e. The average Bonchev–Trinajstić information content (AvgIpc) is 2.24. The fourth-order valence-corrected chi connectivity index (χ4v) is 1.67. The Labute approximate surface area is 86.3 Å². The van der Waals surface area contributed by atoms with Crippen LogP contribution in [0, 0.1) is 0 Å². The highest BCUT2D eigenvalue weighted by Crippen LogP contribution is 1.98. The maximum absolute atomic E-state index is 11.4. The van der Waals surface area contributed by atoms with Gasteiger partial charge in [-0.3, -0.25) is 14.7 Å². The number of piperazine rings is 1. The molecule has 82 valence electrons. The van der Waals surface area contributed by atoms with Crippen molar-refractivity contribution in [3.05, 3.63) is 32.6 Å². The third-order valence-electron chi connectivity index (χ3n) is 2.50. The molecule has 2 heterocycles. The summed E-state index contributed by atoms with van der Waals surface area (Å²) in [7, 11) is 0. The Kier molecular flexibility index (Phi) is 2.98. The molecule has 0 aliphatic carbocycles. The van der Waals surface area contributed by atoms with Crippen LogP contribution in [-0.2, 0) is 6.54 Å². The van der Waals surface area contributed by atoms with Crippen LogP contribution in [0.25, 0.3) is 0 Å². The van der Waals surface area contributed by atoms with Gasteiger partial charge in [0, 0.05) is 44.5 Å². The standard InChI is InChI=1S/C9H14N4O2/c14-8-7(5-11-9(15)12-8)6-13-3-1-10-2-4-13/h5,10H,1-4,6H2,(H2,11,12,14,15). The van der Waals surface area contributed by atoms with E-state index in [2.05, 4.69) is 20.2 Å². The van der Waals surface area contributed by atoms with Crippen molar-refractivity contribution in [3.8, 4) is 0 Å². The molecule has 1 aliphatic rings. The molecule has 0 aromatic carbocycles. The molecule has 1 saturated heterocycles. The zero-order chi connectivity index (χ0) is 10.7. The summed E-state index contributed by atoms with van der Waals surface area (Å²) in [5.41, 5.74) is -0.141. The van der Waals surface area contributed by atoms with Gasteiger partial charge in [0.15, 0.2) is 0 Å². The van der Waals surface area contributed by atoms with E-state index in [9.17, 15) is 9.59 Å². The van der Waals surface area contributed by atoms with Crippen LogP contribution >= 0.6 is 0 Å². The van der Waals surface area contributed by atoms with E-state index in [1.54, 1.807) is 0 Å². The zero-order valence-electron chi connectivity index (χ0n) is 8.38. The predicted molar refractivity (Wildman–Crippen MR) is 55.8 cm³/mol. The molecular weight excluding hydrogens is 196 g/mol. The fraction of sp³-hybridized carbons (Fsp3) is 0.556. The Balaban J connectivity index is 2.09. The van der Waals surface area contributed by atoms with Gasteiger partial charge in [0.1, 0.15) is 0 Å². The summed E-state index contributed by atoms with van der Waals surface area (Å²) in [6, 6.07) is 0. The van der Waals surface area contributed by atoms with Gasteiger partial charge in [-0.25, -0.2) is 4.79 Å². The van der Waals surface area contributed by atoms with Crippen LogP contribution in [0.3, 0.4) is 0 Å². The van der Waals surface area contributed by atoms with E-state index in [1.807, 2.05) is 0 Å². The molecule has 1 fully saturated rings. The van der Waals surface area contributed by atoms with Crippen molar-refractivity contribution >= 4 is 0 Å². The first-order valence-electron chi connectivity index (χ1n) is 4.99. The van der Waals surface area contributed by atoms with Crippen LogP contribution in [0.2, 0.25) is 0 Å². The molecule has 6 nitrogen and oxygen atoms in total. The van der Waals surface area contributed by atoms with Crippen molar-refractivity contribution in [2.24, 2.45) is 0 Å². The summed E-state index contributed by atoms with van der Waals surface area (Å²) < 4.78 is 0. The minimum absolute atomic E-state index is 0.294. The molecule has 0 unspecified atom stereocenters. The van der Waals surface area contributed by atoms with Crippen LogP contribution in [0.1, 0.15) is 5.56 Å². The second-order valence-corrected chi connectivity index (χ2v) is 3.62. The van der Waals surface area contributed by atoms with E-state index < -0.39 is 5.69 Å². The maximum atomic E-state index is 11.4. The van der Waals surface area contributed by atoms with Crippen LogP contribution < -0.4 is 16.6 Å². The van der Waals surface area contributed by atoms with Gasteiger partial charge < -0.3 is 10.3 Å². The van der Waals surface area contributed by atoms with Gasteiger partial charge in [0.2, 0.25) is 0 Å². The number of hydrogen-bond donors (Lipinski definition) is 3. The van der Waals surface area contributed by atoms with E-state index in [4.69, 9.17) is 0 Å². The highest BCUT2D eigenvalue weighted by molar-refractivity contribution is 5.03. The summed E-state index contributed by atoms with van der Waals surface area (Å²) in [6.45, 7) is 4.34. The van der Waals surface area contributed by atoms with Crippen LogP contribution in [0.15, 0.2) is 15.8 Å². The van der Waals surface area contributed by atoms with Crippen molar-refractivity contribution in [1.82, 2.24) is 20.2 Å². The molecule has 0 atom stereocenters. The number of aromatic amines is 2. The third kappa shape index (κ3) is 2.54. The van der Waals surface area contributed by atoms with Crippen molar-refractivity contribution in [1.29, 1.82) is 0 Å². The normalized spacial score (nSPS) is 17.9. The molecule has 15 heavy (non-hydrogen) atoms. The molecule has 2 rings (SSSR count). The molecule has 1 aromatic rings. The number of nitrogens with zero attached hydrogens (tertiary/aromatic N) is 1. The minimum Gasteiger partial charge on any atom is -0.314 e. The van der Waals surface area contributed by atoms with Gasteiger partial charge in [-0.15, -0.1) is 0 Å². The van der Waals surface area contributed by atoms with Crippen LogP contribution in [0.5, 0.6) is 0 Å². The Hall–Kier alpha value is -1.40. The highest BCUT2D eigenvalue weighted by Gasteiger charge is 2.11. The molecule has 6 heteroatoms. The summed E-state index contributed by atoms with van der Waals surface area (Å²) in [4.78, 5) is 29.1. The van der Waals surface area contributed by atoms with Crippen molar-refractivity contribution in [2.45, 2.75) is 6.54 Å². The smallest absolute Gasteiger partial charge is 0.314 e. The van der Waals surface area contributed by atoms with Crippen LogP contribution in [0.4, 0.5) is 0 Å². The lowest BCUT2D eigenvalue weighted by molar-refractivity contribution is 0.232. The first kappa shape index (κ1) is 10.1. The molecule has 0 amide bonds. The number of hydrogen-bond acceptors (Lipinski definition) is 4. The van der Waals surface area contributed by atoms with Crippen LogP contribution in [-0.4, -0.2) is 41.0 Å². The molecular formula is C9H14N4O2. The van der Waals surface area contributed by atoms with Crippen molar-refractivity contribution in [3.63, 3.8) is 0 Å². The van der Waals surface area contributed by atoms with E-state index in [-0.39, 0.29) is 5.56 Å². The largest absolute Gasteiger partial charge is 0.325 e. The van der Waals surface area contributed by atoms with Gasteiger partial charge >= 0.3 is 5.69 Å². The molecule has 0 bridgehead atoms. The third-order valence-corrected chi connectivity index (χ3v) is 2.50. The first-order valence-corrected chi connectivity index (χ1v) is 4.99. The molecule has 3 N–H and O–H groups in total. The Bertz CT molecular complexity index is 430. The first-order chi connectivity index (χ1) is 7.25. The second kappa shape index (κ2) is 4.41. The topological polar surface area (TPSA) is 81.0 Å². The minimum atomic E-state index is -0.455. The number of H-pyrrole nitrogens is 2. The Morgan fingerprint density at radius 2 is 2.00 bits per heavy atom. The van der Waals surface area contributed by atoms with Gasteiger partial charge in [-0.05, 0) is 0 Å². The summed E-state index contributed by atoms with van der Waals surface area (Å²) in [5, 5.41) is 3.24. The van der Waals surface area contributed by atoms with E-state index >= 15 is 0 Å². The van der Waals surface area contributed by atoms with E-state index in [1.165, 1.54) is 6.20 Å². The monoisotopic (exact) mass is 210 g/mol. The summed E-state index contributed by atoms with van der Waals surface area (Å²) >= 11 is 0. The number of rotatable bonds is 2. The summed E-state index contributed by atoms with van der Waals surface area (Å²) in [6.07, 6.45) is 1.49. The molecule has 0 spiro atoms. The van der Waals surface area contributed by atoms with Gasteiger partial charge in [-0.2, -0.15) is 0 Å². The quantitative estimate of drug-likeness (QED) is 0.553. The number of nitrogens with one attached hydrogen (secondary N) is 3. The van der Waals surface area contributed by atoms with Crippen molar-refractivity contribution < 1.29 is 0 Å². The van der Waals surface area contributed by atoms with Gasteiger partial charge in [0.05, 0.1) is 0 Å². The van der Waals surface area contributed by atoms with E-state index in [0.717, 1.165) is 26.2 Å². The lowest BCUT2D eigenvalue weighted by Gasteiger charge is -2.26. The lowest BCUT2D eigenvalue weighted by atomic mass is 10.3. The zero-order valence-corrected chi connectivity index (χ0v) is 8.38. The molecule has 0 saturated carbocycles. The lowest BCUT2D eigenvalue weighted by Crippen LogP contribution is -2.44. The highest BCUT2D eigenvalue weighted by atomic mass is 16.2. The summed E-state index contributed by atoms with van der Waals surface area (Å²) in [5.74, 6) is 0. The van der Waals surface area contributed by atoms with E-state index in [0.29, 0.717) is 12.1 Å². The number of aromatic nitrogens is 2. The molecule has 1 aliphatic heterocycles. The average molecular weight is 210 g/mol. The molecule has 0 radical (unpaired) electrons. The predicted octanol–water partition coefficient (Wildman–Crippen LogP) is -1.53. The van der Waals surface area contributed by atoms with Gasteiger partial charge in [-0.1, -0.05) is 0 Å². The van der Waals surface area contributed by atoms with Crippen molar-refractivity contribution in [2.75, 3.05) is 26.2 Å². The SMILES string of the molecule is O=c1[nH]cc(CN2CCNCC2)c(=O)[nH]1. The molecule has 1 aromatic heterocycles.